The lowest BCUT2D eigenvalue weighted by Crippen LogP contribution is -2.51. The van der Waals surface area contributed by atoms with Crippen molar-refractivity contribution >= 4 is 28.8 Å². The van der Waals surface area contributed by atoms with Gasteiger partial charge in [0, 0.05) is 56.8 Å². The molecule has 5 nitrogen and oxygen atoms in total. The maximum absolute atomic E-state index is 13.1. The van der Waals surface area contributed by atoms with E-state index in [1.807, 2.05) is 11.0 Å². The Hall–Kier alpha value is -2.34. The van der Waals surface area contributed by atoms with Gasteiger partial charge in [0.2, 0.25) is 5.91 Å². The van der Waals surface area contributed by atoms with Crippen LogP contribution in [-0.2, 0) is 17.6 Å². The number of amides is 2. The van der Waals surface area contributed by atoms with E-state index in [1.165, 1.54) is 21.7 Å². The van der Waals surface area contributed by atoms with Gasteiger partial charge in [0.05, 0.1) is 4.88 Å². The largest absolute Gasteiger partial charge is 0.368 e. The minimum Gasteiger partial charge on any atom is -0.368 e. The lowest BCUT2D eigenvalue weighted by Gasteiger charge is -2.38. The van der Waals surface area contributed by atoms with E-state index in [-0.39, 0.29) is 17.7 Å². The lowest BCUT2D eigenvalue weighted by atomic mass is 9.87. The zero-order chi connectivity index (χ0) is 20.5. The van der Waals surface area contributed by atoms with Crippen molar-refractivity contribution in [1.29, 1.82) is 0 Å². The highest BCUT2D eigenvalue weighted by molar-refractivity contribution is 7.14. The maximum Gasteiger partial charge on any atom is 0.263 e. The Morgan fingerprint density at radius 1 is 1.10 bits per heavy atom. The summed E-state index contributed by atoms with van der Waals surface area (Å²) in [4.78, 5) is 33.5. The van der Waals surface area contributed by atoms with E-state index in [0.717, 1.165) is 50.3 Å². The minimum absolute atomic E-state index is 0.0462. The average Bonchev–Trinajstić information content (AvgIpc) is 3.16. The number of anilines is 1. The zero-order valence-corrected chi connectivity index (χ0v) is 18.3. The lowest BCUT2D eigenvalue weighted by molar-refractivity contribution is -0.136. The normalized spacial score (nSPS) is 19.1. The minimum atomic E-state index is 0.0462. The van der Waals surface area contributed by atoms with Gasteiger partial charge in [-0.15, -0.1) is 11.3 Å². The molecule has 154 valence electrons. The number of carbonyl (C=O) groups is 2. The highest BCUT2D eigenvalue weighted by Crippen LogP contribution is 2.34. The number of aryl methyl sites for hydroxylation is 2. The summed E-state index contributed by atoms with van der Waals surface area (Å²) in [6.07, 6.45) is 2.56. The topological polar surface area (TPSA) is 43.9 Å². The van der Waals surface area contributed by atoms with Crippen LogP contribution in [-0.4, -0.2) is 61.9 Å². The fourth-order valence-corrected chi connectivity index (χ4v) is 5.56. The SMILES string of the molecule is Cc1cccc(N2CCN(C(=O)[C@@H]3CCc4sc(C(=O)N(C)C)cc4C3)CC2)c1. The standard InChI is InChI=1S/C23H29N3O2S/c1-16-5-4-6-19(13-16)25-9-11-26(12-10-25)22(27)17-7-8-20-18(14-17)15-21(29-20)23(28)24(2)3/h4-6,13,15,17H,7-12,14H2,1-3H3/t17-/m1/s1. The van der Waals surface area contributed by atoms with E-state index < -0.39 is 0 Å². The van der Waals surface area contributed by atoms with Gasteiger partial charge < -0.3 is 14.7 Å². The molecule has 2 aromatic rings. The molecule has 1 fully saturated rings. The molecular formula is C23H29N3O2S. The number of carbonyl (C=O) groups excluding carboxylic acids is 2. The maximum atomic E-state index is 13.1. The van der Waals surface area contributed by atoms with E-state index in [2.05, 4.69) is 36.1 Å². The number of hydrogen-bond donors (Lipinski definition) is 0. The second-order valence-corrected chi connectivity index (χ2v) is 9.49. The summed E-state index contributed by atoms with van der Waals surface area (Å²) in [7, 11) is 3.56. The third-order valence-corrected chi connectivity index (χ3v) is 7.23. The Balaban J connectivity index is 1.37. The number of thiophene rings is 1. The van der Waals surface area contributed by atoms with Crippen molar-refractivity contribution in [3.05, 3.63) is 51.2 Å². The molecule has 1 aliphatic heterocycles. The molecule has 1 aromatic heterocycles. The third-order valence-electron chi connectivity index (χ3n) is 6.01. The molecular weight excluding hydrogens is 382 g/mol. The molecule has 1 atom stereocenters. The molecule has 0 radical (unpaired) electrons. The van der Waals surface area contributed by atoms with E-state index in [1.54, 1.807) is 30.3 Å². The van der Waals surface area contributed by atoms with Crippen molar-refractivity contribution in [2.45, 2.75) is 26.2 Å². The van der Waals surface area contributed by atoms with E-state index in [9.17, 15) is 9.59 Å². The van der Waals surface area contributed by atoms with Gasteiger partial charge in [-0.05, 0) is 55.5 Å². The number of fused-ring (bicyclic) bond motifs is 1. The fraction of sp³-hybridized carbons (Fsp3) is 0.478. The van der Waals surface area contributed by atoms with Crippen LogP contribution in [0.4, 0.5) is 5.69 Å². The van der Waals surface area contributed by atoms with Crippen LogP contribution in [0, 0.1) is 12.8 Å². The van der Waals surface area contributed by atoms with Crippen LogP contribution in [0.3, 0.4) is 0 Å². The molecule has 0 spiro atoms. The van der Waals surface area contributed by atoms with E-state index >= 15 is 0 Å². The Kier molecular flexibility index (Phi) is 5.63. The summed E-state index contributed by atoms with van der Waals surface area (Å²) < 4.78 is 0. The van der Waals surface area contributed by atoms with Gasteiger partial charge in [-0.1, -0.05) is 12.1 Å². The van der Waals surface area contributed by atoms with Crippen molar-refractivity contribution in [3.8, 4) is 0 Å². The molecule has 1 saturated heterocycles. The first-order valence-corrected chi connectivity index (χ1v) is 11.2. The number of benzene rings is 1. The van der Waals surface area contributed by atoms with Crippen molar-refractivity contribution < 1.29 is 9.59 Å². The number of piperazine rings is 1. The van der Waals surface area contributed by atoms with Crippen molar-refractivity contribution in [3.63, 3.8) is 0 Å². The van der Waals surface area contributed by atoms with E-state index in [4.69, 9.17) is 0 Å². The molecule has 1 aromatic carbocycles. The van der Waals surface area contributed by atoms with Gasteiger partial charge in [-0.25, -0.2) is 0 Å². The van der Waals surface area contributed by atoms with Gasteiger partial charge >= 0.3 is 0 Å². The van der Waals surface area contributed by atoms with Crippen LogP contribution in [0.15, 0.2) is 30.3 Å². The molecule has 0 N–H and O–H groups in total. The van der Waals surface area contributed by atoms with Crippen LogP contribution in [0.5, 0.6) is 0 Å². The van der Waals surface area contributed by atoms with Crippen LogP contribution in [0.25, 0.3) is 0 Å². The van der Waals surface area contributed by atoms with Crippen LogP contribution in [0.1, 0.15) is 32.1 Å². The summed E-state index contributed by atoms with van der Waals surface area (Å²) in [6.45, 7) is 5.44. The number of rotatable bonds is 3. The average molecular weight is 412 g/mol. The van der Waals surface area contributed by atoms with Crippen LogP contribution < -0.4 is 4.90 Å². The first kappa shape index (κ1) is 20.0. The van der Waals surface area contributed by atoms with Gasteiger partial charge in [0.25, 0.3) is 5.91 Å². The van der Waals surface area contributed by atoms with Gasteiger partial charge in [-0.3, -0.25) is 9.59 Å². The van der Waals surface area contributed by atoms with Gasteiger partial charge in [-0.2, -0.15) is 0 Å². The van der Waals surface area contributed by atoms with E-state index in [0.29, 0.717) is 0 Å². The van der Waals surface area contributed by atoms with Crippen LogP contribution in [0.2, 0.25) is 0 Å². The highest BCUT2D eigenvalue weighted by Gasteiger charge is 2.32. The summed E-state index contributed by atoms with van der Waals surface area (Å²) in [6, 6.07) is 10.6. The fourth-order valence-electron chi connectivity index (χ4n) is 4.33. The molecule has 2 amide bonds. The number of hydrogen-bond acceptors (Lipinski definition) is 4. The molecule has 0 bridgehead atoms. The van der Waals surface area contributed by atoms with Crippen molar-refractivity contribution in [2.75, 3.05) is 45.2 Å². The molecule has 0 unspecified atom stereocenters. The Labute approximate surface area is 176 Å². The summed E-state index contributed by atoms with van der Waals surface area (Å²) in [5.41, 5.74) is 3.71. The smallest absolute Gasteiger partial charge is 0.263 e. The Morgan fingerprint density at radius 3 is 2.55 bits per heavy atom. The third kappa shape index (κ3) is 4.17. The predicted octanol–water partition coefficient (Wildman–Crippen LogP) is 3.21. The zero-order valence-electron chi connectivity index (χ0n) is 17.5. The molecule has 0 saturated carbocycles. The Bertz CT molecular complexity index is 913. The second-order valence-electron chi connectivity index (χ2n) is 8.35. The summed E-state index contributed by atoms with van der Waals surface area (Å²) in [5.74, 6) is 0.385. The molecule has 2 heterocycles. The Morgan fingerprint density at radius 2 is 1.86 bits per heavy atom. The first-order valence-electron chi connectivity index (χ1n) is 10.4. The quantitative estimate of drug-likeness (QED) is 0.779. The van der Waals surface area contributed by atoms with Gasteiger partial charge in [0.15, 0.2) is 0 Å². The monoisotopic (exact) mass is 411 g/mol. The molecule has 4 rings (SSSR count). The van der Waals surface area contributed by atoms with Crippen molar-refractivity contribution in [1.82, 2.24) is 9.80 Å². The molecule has 6 heteroatoms. The number of nitrogens with zero attached hydrogens (tertiary/aromatic N) is 3. The molecule has 1 aliphatic carbocycles. The highest BCUT2D eigenvalue weighted by atomic mass is 32.1. The van der Waals surface area contributed by atoms with Crippen LogP contribution >= 0.6 is 11.3 Å². The van der Waals surface area contributed by atoms with Crippen molar-refractivity contribution in [2.24, 2.45) is 5.92 Å². The molecule has 2 aliphatic rings. The summed E-state index contributed by atoms with van der Waals surface area (Å²) in [5, 5.41) is 0. The first-order chi connectivity index (χ1) is 13.9. The van der Waals surface area contributed by atoms with Gasteiger partial charge in [0.1, 0.15) is 0 Å². The predicted molar refractivity (Wildman–Crippen MR) is 118 cm³/mol. The second kappa shape index (κ2) is 8.19. The summed E-state index contributed by atoms with van der Waals surface area (Å²) >= 11 is 1.60. The molecule has 29 heavy (non-hydrogen) atoms.